The second-order valence-corrected chi connectivity index (χ2v) is 6.84. The van der Waals surface area contributed by atoms with Crippen LogP contribution in [0.2, 0.25) is 10.0 Å². The lowest BCUT2D eigenvalue weighted by Crippen LogP contribution is -2.01. The maximum atomic E-state index is 11.9. The van der Waals surface area contributed by atoms with Crippen LogP contribution in [0.3, 0.4) is 0 Å². The van der Waals surface area contributed by atoms with E-state index in [2.05, 4.69) is 15.2 Å². The summed E-state index contributed by atoms with van der Waals surface area (Å²) in [6, 6.07) is 10.6. The number of halogens is 2. The molecule has 6 nitrogen and oxygen atoms in total. The van der Waals surface area contributed by atoms with E-state index in [1.54, 1.807) is 18.2 Å². The minimum absolute atomic E-state index is 0.118. The van der Waals surface area contributed by atoms with Crippen LogP contribution in [0.1, 0.15) is 18.4 Å². The third-order valence-corrected chi connectivity index (χ3v) is 4.39. The van der Waals surface area contributed by atoms with Gasteiger partial charge in [0.05, 0.1) is 17.1 Å². The smallest absolute Gasteiger partial charge is 0.264 e. The number of fused-ring (bicyclic) bond motifs is 1. The zero-order valence-electron chi connectivity index (χ0n) is 14.5. The van der Waals surface area contributed by atoms with Gasteiger partial charge in [-0.3, -0.25) is 4.79 Å². The van der Waals surface area contributed by atoms with Crippen molar-refractivity contribution in [3.05, 3.63) is 52.0 Å². The fourth-order valence-electron chi connectivity index (χ4n) is 2.53. The molecule has 0 unspecified atom stereocenters. The summed E-state index contributed by atoms with van der Waals surface area (Å²) >= 11 is 11.8. The van der Waals surface area contributed by atoms with E-state index >= 15 is 0 Å². The molecule has 0 saturated heterocycles. The molecular formula is C19H17Cl2N3O3. The number of aromatic hydroxyl groups is 1. The molecule has 1 heterocycles. The summed E-state index contributed by atoms with van der Waals surface area (Å²) in [4.78, 5) is 14.7. The van der Waals surface area contributed by atoms with E-state index < -0.39 is 5.91 Å². The summed E-state index contributed by atoms with van der Waals surface area (Å²) in [6.45, 7) is 2.24. The number of hydrogen-bond donors (Lipinski definition) is 2. The van der Waals surface area contributed by atoms with Gasteiger partial charge in [0.25, 0.3) is 5.91 Å². The van der Waals surface area contributed by atoms with Gasteiger partial charge in [0, 0.05) is 16.8 Å². The van der Waals surface area contributed by atoms with E-state index in [0.29, 0.717) is 34.2 Å². The summed E-state index contributed by atoms with van der Waals surface area (Å²) < 4.78 is 5.52. The average molecular weight is 406 g/mol. The molecule has 0 atom stereocenters. The standard InChI is InChI=1S/C19H17Cl2N3O3/c1-11-4-6-15-13(9-11)18(19(26)22-15)24-23-17(25)3-2-8-27-16-7-5-12(20)10-14(16)21/h4-7,9-10,22,26H,2-3,8H2,1H3. The second-order valence-electron chi connectivity index (χ2n) is 5.99. The van der Waals surface area contributed by atoms with Crippen molar-refractivity contribution >= 4 is 45.7 Å². The molecule has 0 spiro atoms. The van der Waals surface area contributed by atoms with Gasteiger partial charge < -0.3 is 14.8 Å². The molecule has 2 N–H and O–H groups in total. The average Bonchev–Trinajstić information content (AvgIpc) is 2.93. The maximum Gasteiger partial charge on any atom is 0.264 e. The van der Waals surface area contributed by atoms with Gasteiger partial charge in [-0.1, -0.05) is 34.8 Å². The number of rotatable bonds is 6. The number of nitrogens with one attached hydrogen (secondary N) is 1. The molecule has 0 radical (unpaired) electrons. The number of H-pyrrole nitrogens is 1. The number of hydrogen-bond acceptors (Lipinski definition) is 4. The zero-order valence-corrected chi connectivity index (χ0v) is 16.0. The molecule has 8 heteroatoms. The lowest BCUT2D eigenvalue weighted by Gasteiger charge is -2.07. The van der Waals surface area contributed by atoms with Crippen molar-refractivity contribution in [3.63, 3.8) is 0 Å². The minimum Gasteiger partial charge on any atom is -0.493 e. The number of carbonyl (C=O) groups excluding carboxylic acids is 1. The van der Waals surface area contributed by atoms with Crippen molar-refractivity contribution in [1.82, 2.24) is 4.98 Å². The molecule has 0 bridgehead atoms. The highest BCUT2D eigenvalue weighted by atomic mass is 35.5. The van der Waals surface area contributed by atoms with Gasteiger partial charge in [-0.25, -0.2) is 0 Å². The molecule has 0 saturated carbocycles. The first-order chi connectivity index (χ1) is 12.9. The zero-order chi connectivity index (χ0) is 19.4. The molecule has 0 fully saturated rings. The molecule has 3 aromatic rings. The third-order valence-electron chi connectivity index (χ3n) is 3.86. The molecule has 3 rings (SSSR count). The van der Waals surface area contributed by atoms with Crippen molar-refractivity contribution in [2.75, 3.05) is 6.61 Å². The molecule has 27 heavy (non-hydrogen) atoms. The molecule has 1 aromatic heterocycles. The number of nitrogens with zero attached hydrogens (tertiary/aromatic N) is 2. The number of carbonyl (C=O) groups is 1. The first-order valence-electron chi connectivity index (χ1n) is 8.28. The Labute approximate surface area is 165 Å². The molecule has 140 valence electrons. The van der Waals surface area contributed by atoms with Gasteiger partial charge in [0.1, 0.15) is 5.75 Å². The largest absolute Gasteiger partial charge is 0.493 e. The Morgan fingerprint density at radius 1 is 1.22 bits per heavy atom. The third kappa shape index (κ3) is 4.78. The number of aromatic nitrogens is 1. The van der Waals surface area contributed by atoms with Gasteiger partial charge in [-0.2, -0.15) is 0 Å². The van der Waals surface area contributed by atoms with E-state index in [1.807, 2.05) is 25.1 Å². The van der Waals surface area contributed by atoms with Crippen molar-refractivity contribution in [2.45, 2.75) is 19.8 Å². The van der Waals surface area contributed by atoms with E-state index in [1.165, 1.54) is 0 Å². The molecule has 0 aliphatic rings. The highest BCUT2D eigenvalue weighted by molar-refractivity contribution is 6.35. The lowest BCUT2D eigenvalue weighted by molar-refractivity contribution is -0.118. The molecular weight excluding hydrogens is 389 g/mol. The maximum absolute atomic E-state index is 11.9. The first kappa shape index (κ1) is 19.2. The summed E-state index contributed by atoms with van der Waals surface area (Å²) in [5.74, 6) is -0.00991. The predicted molar refractivity (Wildman–Crippen MR) is 105 cm³/mol. The topological polar surface area (TPSA) is 87.0 Å². The van der Waals surface area contributed by atoms with Gasteiger partial charge >= 0.3 is 0 Å². The van der Waals surface area contributed by atoms with Crippen LogP contribution < -0.4 is 4.74 Å². The monoisotopic (exact) mass is 405 g/mol. The van der Waals surface area contributed by atoms with Gasteiger partial charge in [0.2, 0.25) is 5.88 Å². The summed E-state index contributed by atoms with van der Waals surface area (Å²) in [5, 5.41) is 19.2. The number of benzene rings is 2. The quantitative estimate of drug-likeness (QED) is 0.391. The Hall–Kier alpha value is -2.57. The molecule has 0 aliphatic carbocycles. The molecule has 1 amide bonds. The molecule has 2 aromatic carbocycles. The number of azo groups is 1. The van der Waals surface area contributed by atoms with Crippen LogP contribution in [-0.4, -0.2) is 22.6 Å². The van der Waals surface area contributed by atoms with Crippen molar-refractivity contribution < 1.29 is 14.6 Å². The molecule has 0 aliphatic heterocycles. The lowest BCUT2D eigenvalue weighted by atomic mass is 10.2. The number of aromatic amines is 1. The Morgan fingerprint density at radius 3 is 2.81 bits per heavy atom. The van der Waals surface area contributed by atoms with E-state index in [9.17, 15) is 9.90 Å². The van der Waals surface area contributed by atoms with Crippen LogP contribution in [0.5, 0.6) is 11.6 Å². The van der Waals surface area contributed by atoms with Crippen molar-refractivity contribution in [2.24, 2.45) is 10.2 Å². The van der Waals surface area contributed by atoms with Crippen molar-refractivity contribution in [3.8, 4) is 11.6 Å². The normalized spacial score (nSPS) is 11.4. The van der Waals surface area contributed by atoms with Crippen LogP contribution in [-0.2, 0) is 4.79 Å². The fourth-order valence-corrected chi connectivity index (χ4v) is 3.00. The Balaban J connectivity index is 1.55. The predicted octanol–water partition coefficient (Wildman–Crippen LogP) is 5.96. The van der Waals surface area contributed by atoms with Crippen LogP contribution in [0.15, 0.2) is 46.6 Å². The van der Waals surface area contributed by atoms with E-state index in [0.717, 1.165) is 11.1 Å². The Bertz CT molecular complexity index is 1010. The van der Waals surface area contributed by atoms with Gasteiger partial charge in [-0.05, 0) is 43.7 Å². The summed E-state index contributed by atoms with van der Waals surface area (Å²) in [6.07, 6.45) is 0.618. The van der Waals surface area contributed by atoms with Crippen LogP contribution in [0, 0.1) is 6.92 Å². The number of aryl methyl sites for hydroxylation is 1. The van der Waals surface area contributed by atoms with E-state index in [-0.39, 0.29) is 18.0 Å². The highest BCUT2D eigenvalue weighted by Gasteiger charge is 2.11. The van der Waals surface area contributed by atoms with Crippen LogP contribution in [0.4, 0.5) is 5.69 Å². The fraction of sp³-hybridized carbons (Fsp3) is 0.211. The van der Waals surface area contributed by atoms with E-state index in [4.69, 9.17) is 27.9 Å². The van der Waals surface area contributed by atoms with Crippen molar-refractivity contribution in [1.29, 1.82) is 0 Å². The highest BCUT2D eigenvalue weighted by Crippen LogP contribution is 2.36. The minimum atomic E-state index is -0.401. The van der Waals surface area contributed by atoms with Crippen LogP contribution >= 0.6 is 23.2 Å². The van der Waals surface area contributed by atoms with Crippen LogP contribution in [0.25, 0.3) is 10.9 Å². The number of ether oxygens (including phenoxy) is 1. The van der Waals surface area contributed by atoms with Gasteiger partial charge in [-0.15, -0.1) is 10.2 Å². The Kier molecular flexibility index (Phi) is 5.98. The number of amides is 1. The second kappa shape index (κ2) is 8.41. The first-order valence-corrected chi connectivity index (χ1v) is 9.03. The summed E-state index contributed by atoms with van der Waals surface area (Å²) in [5.41, 5.74) is 2.00. The SMILES string of the molecule is Cc1ccc2[nH]c(O)c(N=NC(=O)CCCOc3ccc(Cl)cc3Cl)c2c1. The Morgan fingerprint density at radius 2 is 2.04 bits per heavy atom. The van der Waals surface area contributed by atoms with Gasteiger partial charge in [0.15, 0.2) is 5.69 Å². The summed E-state index contributed by atoms with van der Waals surface area (Å²) in [7, 11) is 0.